The summed E-state index contributed by atoms with van der Waals surface area (Å²) in [6, 6.07) is 8.95. The zero-order chi connectivity index (χ0) is 14.3. The van der Waals surface area contributed by atoms with E-state index in [4.69, 9.17) is 4.74 Å². The molecule has 0 saturated heterocycles. The van der Waals surface area contributed by atoms with Crippen molar-refractivity contribution in [1.82, 2.24) is 5.32 Å². The number of benzene rings is 1. The van der Waals surface area contributed by atoms with Gasteiger partial charge in [-0.15, -0.1) is 0 Å². The number of ether oxygens (including phenoxy) is 1. The lowest BCUT2D eigenvalue weighted by atomic mass is 9.87. The molecule has 1 unspecified atom stereocenters. The predicted octanol–water partition coefficient (Wildman–Crippen LogP) is 4.56. The molecule has 0 fully saturated rings. The highest BCUT2D eigenvalue weighted by Crippen LogP contribution is 2.28. The molecule has 0 aromatic heterocycles. The third-order valence-corrected chi connectivity index (χ3v) is 3.23. The van der Waals surface area contributed by atoms with E-state index in [1.54, 1.807) is 0 Å². The molecule has 0 aliphatic rings. The van der Waals surface area contributed by atoms with Crippen LogP contribution in [0.1, 0.15) is 59.1 Å². The summed E-state index contributed by atoms with van der Waals surface area (Å²) >= 11 is 0. The maximum absolute atomic E-state index is 5.49. The van der Waals surface area contributed by atoms with Gasteiger partial charge in [-0.25, -0.2) is 0 Å². The summed E-state index contributed by atoms with van der Waals surface area (Å²) in [6.07, 6.45) is 2.39. The van der Waals surface area contributed by atoms with E-state index in [0.717, 1.165) is 18.9 Å². The molecule has 0 bridgehead atoms. The first-order chi connectivity index (χ1) is 8.96. The molecule has 0 spiro atoms. The fourth-order valence-electron chi connectivity index (χ4n) is 2.17. The molecule has 1 aromatic rings. The Kier molecular flexibility index (Phi) is 6.36. The molecule has 2 nitrogen and oxygen atoms in total. The second-order valence-corrected chi connectivity index (χ2v) is 6.21. The van der Waals surface area contributed by atoms with Crippen molar-refractivity contribution in [3.63, 3.8) is 0 Å². The first-order valence-corrected chi connectivity index (χ1v) is 7.42. The van der Waals surface area contributed by atoms with Crippen LogP contribution in [0.5, 0.6) is 5.75 Å². The zero-order valence-corrected chi connectivity index (χ0v) is 13.1. The number of rotatable bonds is 7. The van der Waals surface area contributed by atoms with Crippen LogP contribution in [0.2, 0.25) is 0 Å². The third kappa shape index (κ3) is 6.11. The second kappa shape index (κ2) is 7.54. The van der Waals surface area contributed by atoms with E-state index in [0.29, 0.717) is 11.5 Å². The zero-order valence-electron chi connectivity index (χ0n) is 13.1. The van der Waals surface area contributed by atoms with E-state index in [-0.39, 0.29) is 0 Å². The smallest absolute Gasteiger partial charge is 0.119 e. The molecule has 1 aromatic carbocycles. The molecule has 0 amide bonds. The van der Waals surface area contributed by atoms with Crippen LogP contribution in [-0.2, 0) is 0 Å². The topological polar surface area (TPSA) is 21.3 Å². The number of hydrogen-bond donors (Lipinski definition) is 1. The predicted molar refractivity (Wildman–Crippen MR) is 82.7 cm³/mol. The van der Waals surface area contributed by atoms with Gasteiger partial charge < -0.3 is 10.1 Å². The maximum Gasteiger partial charge on any atom is 0.119 e. The largest absolute Gasteiger partial charge is 0.494 e. The molecule has 19 heavy (non-hydrogen) atoms. The molecule has 1 N–H and O–H groups in total. The number of nitrogens with one attached hydrogen (secondary N) is 1. The van der Waals surface area contributed by atoms with Crippen molar-refractivity contribution in [3.8, 4) is 5.75 Å². The van der Waals surface area contributed by atoms with Crippen molar-refractivity contribution >= 4 is 0 Å². The summed E-state index contributed by atoms with van der Waals surface area (Å²) in [7, 11) is 0. The monoisotopic (exact) mass is 263 g/mol. The summed E-state index contributed by atoms with van der Waals surface area (Å²) in [5.74, 6) is 0.956. The van der Waals surface area contributed by atoms with Crippen LogP contribution in [0, 0.1) is 5.41 Å². The van der Waals surface area contributed by atoms with E-state index in [1.165, 1.54) is 18.4 Å². The molecule has 1 rings (SSSR count). The average Bonchev–Trinajstić information content (AvgIpc) is 2.35. The molecule has 0 aliphatic heterocycles. The van der Waals surface area contributed by atoms with Crippen molar-refractivity contribution in [2.75, 3.05) is 13.2 Å². The van der Waals surface area contributed by atoms with E-state index >= 15 is 0 Å². The summed E-state index contributed by atoms with van der Waals surface area (Å²) < 4.78 is 5.49. The van der Waals surface area contributed by atoms with E-state index < -0.39 is 0 Å². The molecule has 1 atom stereocenters. The second-order valence-electron chi connectivity index (χ2n) is 6.21. The molecular formula is C17H29NO. The fourth-order valence-corrected chi connectivity index (χ4v) is 2.17. The van der Waals surface area contributed by atoms with Crippen molar-refractivity contribution in [3.05, 3.63) is 29.8 Å². The summed E-state index contributed by atoms with van der Waals surface area (Å²) in [4.78, 5) is 0. The van der Waals surface area contributed by atoms with Gasteiger partial charge in [-0.2, -0.15) is 0 Å². The summed E-state index contributed by atoms with van der Waals surface area (Å²) in [5, 5.41) is 3.58. The van der Waals surface area contributed by atoms with Gasteiger partial charge in [0.25, 0.3) is 0 Å². The van der Waals surface area contributed by atoms with E-state index in [1.807, 2.05) is 6.92 Å². The van der Waals surface area contributed by atoms with Crippen LogP contribution >= 0.6 is 0 Å². The maximum atomic E-state index is 5.49. The molecule has 0 aliphatic carbocycles. The molecule has 2 heteroatoms. The molecule has 0 radical (unpaired) electrons. The van der Waals surface area contributed by atoms with Crippen LogP contribution in [0.15, 0.2) is 24.3 Å². The van der Waals surface area contributed by atoms with Crippen LogP contribution in [0.4, 0.5) is 0 Å². The van der Waals surface area contributed by atoms with Crippen LogP contribution in [0.3, 0.4) is 0 Å². The summed E-state index contributed by atoms with van der Waals surface area (Å²) in [6.45, 7) is 12.8. The van der Waals surface area contributed by atoms with E-state index in [2.05, 4.69) is 57.3 Å². The third-order valence-electron chi connectivity index (χ3n) is 3.23. The van der Waals surface area contributed by atoms with Gasteiger partial charge in [0.15, 0.2) is 0 Å². The standard InChI is InChI=1S/C17H29NO/c1-6-18-16(12-13-17(3,4)5)14-8-10-15(11-9-14)19-7-2/h8-11,16,18H,6-7,12-13H2,1-5H3. The Morgan fingerprint density at radius 2 is 1.74 bits per heavy atom. The van der Waals surface area contributed by atoms with Crippen molar-refractivity contribution < 1.29 is 4.74 Å². The van der Waals surface area contributed by atoms with Gasteiger partial charge >= 0.3 is 0 Å². The van der Waals surface area contributed by atoms with Crippen LogP contribution < -0.4 is 10.1 Å². The molecule has 0 saturated carbocycles. The summed E-state index contributed by atoms with van der Waals surface area (Å²) in [5.41, 5.74) is 1.74. The highest BCUT2D eigenvalue weighted by atomic mass is 16.5. The Labute approximate surface area is 118 Å². The Bertz CT molecular complexity index is 351. The van der Waals surface area contributed by atoms with Crippen molar-refractivity contribution in [1.29, 1.82) is 0 Å². The van der Waals surface area contributed by atoms with Crippen LogP contribution in [0.25, 0.3) is 0 Å². The minimum absolute atomic E-state index is 0.388. The Morgan fingerprint density at radius 1 is 1.11 bits per heavy atom. The minimum Gasteiger partial charge on any atom is -0.494 e. The van der Waals surface area contributed by atoms with Crippen LogP contribution in [-0.4, -0.2) is 13.2 Å². The van der Waals surface area contributed by atoms with Gasteiger partial charge in [-0.3, -0.25) is 0 Å². The highest BCUT2D eigenvalue weighted by Gasteiger charge is 2.16. The van der Waals surface area contributed by atoms with Gasteiger partial charge in [0, 0.05) is 6.04 Å². The lowest BCUT2D eigenvalue weighted by molar-refractivity contribution is 0.332. The van der Waals surface area contributed by atoms with Crippen molar-refractivity contribution in [2.24, 2.45) is 5.41 Å². The average molecular weight is 263 g/mol. The van der Waals surface area contributed by atoms with Gasteiger partial charge in [0.05, 0.1) is 6.61 Å². The first kappa shape index (κ1) is 16.0. The molecular weight excluding hydrogens is 234 g/mol. The van der Waals surface area contributed by atoms with Gasteiger partial charge in [0.2, 0.25) is 0 Å². The normalized spacial score (nSPS) is 13.3. The van der Waals surface area contributed by atoms with Gasteiger partial charge in [-0.1, -0.05) is 39.8 Å². The minimum atomic E-state index is 0.388. The highest BCUT2D eigenvalue weighted by molar-refractivity contribution is 5.29. The Balaban J connectivity index is 2.69. The molecule has 0 heterocycles. The lowest BCUT2D eigenvalue weighted by Crippen LogP contribution is -2.22. The lowest BCUT2D eigenvalue weighted by Gasteiger charge is -2.24. The quantitative estimate of drug-likeness (QED) is 0.778. The fraction of sp³-hybridized carbons (Fsp3) is 0.647. The van der Waals surface area contributed by atoms with Crippen molar-refractivity contribution in [2.45, 2.75) is 53.5 Å². The first-order valence-electron chi connectivity index (χ1n) is 7.42. The number of hydrogen-bond acceptors (Lipinski definition) is 2. The van der Waals surface area contributed by atoms with Gasteiger partial charge in [-0.05, 0) is 49.4 Å². The van der Waals surface area contributed by atoms with Gasteiger partial charge in [0.1, 0.15) is 5.75 Å². The Morgan fingerprint density at radius 3 is 2.21 bits per heavy atom. The Hall–Kier alpha value is -1.02. The molecule has 108 valence electrons. The SMILES string of the molecule is CCNC(CCC(C)(C)C)c1ccc(OCC)cc1. The van der Waals surface area contributed by atoms with E-state index in [9.17, 15) is 0 Å².